The molecule has 3 N–H and O–H groups in total. The maximum atomic E-state index is 11.7. The van der Waals surface area contributed by atoms with Gasteiger partial charge in [0, 0.05) is 13.0 Å². The molecule has 0 aliphatic heterocycles. The number of hydrogen-bond donors (Lipinski definition) is 3. The van der Waals surface area contributed by atoms with Crippen molar-refractivity contribution in [3.8, 4) is 0 Å². The molecule has 1 saturated carbocycles. The van der Waals surface area contributed by atoms with E-state index < -0.39 is 18.0 Å². The predicted octanol–water partition coefficient (Wildman–Crippen LogP) is 1.78. The van der Waals surface area contributed by atoms with Gasteiger partial charge in [-0.15, -0.1) is 0 Å². The summed E-state index contributed by atoms with van der Waals surface area (Å²) < 4.78 is 0. The summed E-state index contributed by atoms with van der Waals surface area (Å²) >= 11 is 0. The molecule has 0 radical (unpaired) electrons. The molecule has 1 fully saturated rings. The number of benzene rings is 1. The highest BCUT2D eigenvalue weighted by molar-refractivity contribution is 5.82. The Kier molecular flexibility index (Phi) is 4.98. The van der Waals surface area contributed by atoms with Crippen molar-refractivity contribution in [3.63, 3.8) is 0 Å². The van der Waals surface area contributed by atoms with Gasteiger partial charge in [0.25, 0.3) is 0 Å². The summed E-state index contributed by atoms with van der Waals surface area (Å²) in [5.74, 6) is -0.277. The molecule has 0 saturated heterocycles. The molecule has 0 heterocycles. The van der Waals surface area contributed by atoms with Crippen molar-refractivity contribution in [3.05, 3.63) is 35.9 Å². The first kappa shape index (κ1) is 14.4. The number of hydrogen-bond acceptors (Lipinski definition) is 2. The molecule has 1 aromatic rings. The molecule has 1 aromatic carbocycles. The Labute approximate surface area is 118 Å². The lowest BCUT2D eigenvalue weighted by Crippen LogP contribution is -2.47. The average molecular weight is 276 g/mol. The van der Waals surface area contributed by atoms with Crippen molar-refractivity contribution in [1.29, 1.82) is 0 Å². The zero-order valence-corrected chi connectivity index (χ0v) is 11.3. The number of carboxylic acids is 1. The fraction of sp³-hybridized carbons (Fsp3) is 0.467. The van der Waals surface area contributed by atoms with Crippen molar-refractivity contribution >= 4 is 12.0 Å². The molecule has 1 atom stereocenters. The van der Waals surface area contributed by atoms with Gasteiger partial charge in [-0.1, -0.05) is 43.2 Å². The monoisotopic (exact) mass is 276 g/mol. The number of nitrogens with one attached hydrogen (secondary N) is 2. The molecule has 2 amide bonds. The van der Waals surface area contributed by atoms with Gasteiger partial charge in [-0.25, -0.2) is 9.59 Å². The smallest absolute Gasteiger partial charge is 0.326 e. The second-order valence-corrected chi connectivity index (χ2v) is 5.21. The summed E-state index contributed by atoms with van der Waals surface area (Å²) in [6, 6.07) is 7.96. The van der Waals surface area contributed by atoms with Crippen LogP contribution in [0.5, 0.6) is 0 Å². The summed E-state index contributed by atoms with van der Waals surface area (Å²) in [5, 5.41) is 14.4. The van der Waals surface area contributed by atoms with Gasteiger partial charge >= 0.3 is 12.0 Å². The highest BCUT2D eigenvalue weighted by Gasteiger charge is 2.22. The second-order valence-electron chi connectivity index (χ2n) is 5.21. The molecular formula is C15H20N2O3. The lowest BCUT2D eigenvalue weighted by atomic mass is 10.1. The van der Waals surface area contributed by atoms with Crippen molar-refractivity contribution in [2.75, 3.05) is 6.54 Å². The molecule has 20 heavy (non-hydrogen) atoms. The quantitative estimate of drug-likeness (QED) is 0.710. The first-order valence-electron chi connectivity index (χ1n) is 6.96. The van der Waals surface area contributed by atoms with E-state index in [9.17, 15) is 9.59 Å². The van der Waals surface area contributed by atoms with Crippen LogP contribution < -0.4 is 10.6 Å². The molecule has 0 aromatic heterocycles. The Morgan fingerprint density at radius 1 is 1.25 bits per heavy atom. The summed E-state index contributed by atoms with van der Waals surface area (Å²) in [6.07, 6.45) is 3.75. The predicted molar refractivity (Wildman–Crippen MR) is 75.4 cm³/mol. The van der Waals surface area contributed by atoms with Crippen molar-refractivity contribution in [1.82, 2.24) is 10.6 Å². The minimum atomic E-state index is -1.02. The molecule has 2 rings (SSSR count). The first-order chi connectivity index (χ1) is 9.65. The number of urea groups is 1. The van der Waals surface area contributed by atoms with Crippen molar-refractivity contribution in [2.45, 2.75) is 31.7 Å². The topological polar surface area (TPSA) is 78.4 Å². The Bertz CT molecular complexity index is 457. The van der Waals surface area contributed by atoms with E-state index in [4.69, 9.17) is 5.11 Å². The number of carbonyl (C=O) groups is 2. The van der Waals surface area contributed by atoms with Crippen LogP contribution in [0.3, 0.4) is 0 Å². The number of aliphatic carboxylic acids is 1. The summed E-state index contributed by atoms with van der Waals surface area (Å²) in [6.45, 7) is 0.605. The third-order valence-corrected chi connectivity index (χ3v) is 3.42. The molecule has 108 valence electrons. The van der Waals surface area contributed by atoms with Gasteiger partial charge in [-0.3, -0.25) is 0 Å². The Hall–Kier alpha value is -2.04. The third-order valence-electron chi connectivity index (χ3n) is 3.42. The first-order valence-corrected chi connectivity index (χ1v) is 6.96. The van der Waals surface area contributed by atoms with Crippen LogP contribution in [0.25, 0.3) is 0 Å². The third kappa shape index (κ3) is 4.91. The van der Waals surface area contributed by atoms with E-state index in [0.717, 1.165) is 17.9 Å². The Morgan fingerprint density at radius 2 is 1.95 bits per heavy atom. The number of carbonyl (C=O) groups excluding carboxylic acids is 1. The molecule has 0 unspecified atom stereocenters. The maximum Gasteiger partial charge on any atom is 0.326 e. The van der Waals surface area contributed by atoms with Crippen LogP contribution in [-0.4, -0.2) is 29.7 Å². The molecule has 5 nitrogen and oxygen atoms in total. The van der Waals surface area contributed by atoms with Crippen LogP contribution in [0, 0.1) is 5.92 Å². The van der Waals surface area contributed by atoms with E-state index in [-0.39, 0.29) is 6.42 Å². The van der Waals surface area contributed by atoms with Gasteiger partial charge in [0.15, 0.2) is 0 Å². The largest absolute Gasteiger partial charge is 0.480 e. The minimum absolute atomic E-state index is 0.284. The molecule has 1 aliphatic carbocycles. The van der Waals surface area contributed by atoms with Gasteiger partial charge in [0.1, 0.15) is 6.04 Å². The number of carboxylic acid groups (broad SMARTS) is 1. The van der Waals surface area contributed by atoms with E-state index in [1.807, 2.05) is 30.3 Å². The number of rotatable bonds is 7. The highest BCUT2D eigenvalue weighted by Crippen LogP contribution is 2.31. The number of amides is 2. The fourth-order valence-electron chi connectivity index (χ4n) is 2.06. The Morgan fingerprint density at radius 3 is 2.55 bits per heavy atom. The van der Waals surface area contributed by atoms with Crippen LogP contribution in [0.2, 0.25) is 0 Å². The molecular weight excluding hydrogens is 256 g/mol. The van der Waals surface area contributed by atoms with Gasteiger partial charge in [-0.05, 0) is 17.9 Å². The average Bonchev–Trinajstić information content (AvgIpc) is 3.23. The maximum absolute atomic E-state index is 11.7. The van der Waals surface area contributed by atoms with E-state index >= 15 is 0 Å². The Balaban J connectivity index is 1.78. The van der Waals surface area contributed by atoms with Gasteiger partial charge < -0.3 is 15.7 Å². The molecule has 5 heteroatoms. The fourth-order valence-corrected chi connectivity index (χ4v) is 2.06. The van der Waals surface area contributed by atoms with Gasteiger partial charge in [0.05, 0.1) is 0 Å². The molecule has 0 spiro atoms. The SMILES string of the molecule is O=C(NCCC1CC1)N[C@H](Cc1ccccc1)C(=O)O. The van der Waals surface area contributed by atoms with Crippen molar-refractivity contribution in [2.24, 2.45) is 5.92 Å². The van der Waals surface area contributed by atoms with Crippen LogP contribution in [0.15, 0.2) is 30.3 Å². The van der Waals surface area contributed by atoms with E-state index in [1.165, 1.54) is 12.8 Å². The van der Waals surface area contributed by atoms with Gasteiger partial charge in [0.2, 0.25) is 0 Å². The normalized spacial score (nSPS) is 15.4. The molecule has 0 bridgehead atoms. The van der Waals surface area contributed by atoms with E-state index in [1.54, 1.807) is 0 Å². The van der Waals surface area contributed by atoms with Crippen molar-refractivity contribution < 1.29 is 14.7 Å². The molecule has 1 aliphatic rings. The zero-order valence-electron chi connectivity index (χ0n) is 11.3. The second kappa shape index (κ2) is 6.93. The van der Waals surface area contributed by atoms with Crippen LogP contribution in [0.4, 0.5) is 4.79 Å². The van der Waals surface area contributed by atoms with E-state index in [2.05, 4.69) is 10.6 Å². The lowest BCUT2D eigenvalue weighted by Gasteiger charge is -2.15. The van der Waals surface area contributed by atoms with Crippen LogP contribution in [0.1, 0.15) is 24.8 Å². The highest BCUT2D eigenvalue weighted by atomic mass is 16.4. The minimum Gasteiger partial charge on any atom is -0.480 e. The van der Waals surface area contributed by atoms with E-state index in [0.29, 0.717) is 6.54 Å². The van der Waals surface area contributed by atoms with Gasteiger partial charge in [-0.2, -0.15) is 0 Å². The summed E-state index contributed by atoms with van der Waals surface area (Å²) in [5.41, 5.74) is 0.887. The zero-order chi connectivity index (χ0) is 14.4. The lowest BCUT2D eigenvalue weighted by molar-refractivity contribution is -0.139. The van der Waals surface area contributed by atoms with Crippen LogP contribution >= 0.6 is 0 Å². The standard InChI is InChI=1S/C15H20N2O3/c18-14(19)13(10-12-4-2-1-3-5-12)17-15(20)16-9-8-11-6-7-11/h1-5,11,13H,6-10H2,(H,18,19)(H2,16,17,20)/t13-/m1/s1. The van der Waals surface area contributed by atoms with Crippen LogP contribution in [-0.2, 0) is 11.2 Å². The summed E-state index contributed by atoms with van der Waals surface area (Å²) in [7, 11) is 0. The summed E-state index contributed by atoms with van der Waals surface area (Å²) in [4.78, 5) is 22.9.